The average molecular weight is 538 g/mol. The number of H-pyrrole nitrogens is 1. The number of nitrogens with zero attached hydrogens (tertiary/aromatic N) is 2. The Morgan fingerprint density at radius 2 is 1.87 bits per heavy atom. The molecule has 0 bridgehead atoms. The van der Waals surface area contributed by atoms with Gasteiger partial charge in [-0.05, 0) is 74.7 Å². The summed E-state index contributed by atoms with van der Waals surface area (Å²) in [5.41, 5.74) is 3.93. The molecule has 0 saturated carbocycles. The molecule has 3 amide bonds. The van der Waals surface area contributed by atoms with Crippen LogP contribution in [-0.2, 0) is 11.2 Å². The van der Waals surface area contributed by atoms with E-state index in [9.17, 15) is 9.59 Å². The van der Waals surface area contributed by atoms with Gasteiger partial charge in [0.25, 0.3) is 0 Å². The molecule has 2 unspecified atom stereocenters. The van der Waals surface area contributed by atoms with Gasteiger partial charge in [-0.2, -0.15) is 0 Å². The number of benzene rings is 2. The molecular weight excluding hydrogens is 498 g/mol. The highest BCUT2D eigenvalue weighted by Gasteiger charge is 2.37. The van der Waals surface area contributed by atoms with Crippen LogP contribution >= 0.6 is 11.6 Å². The maximum absolute atomic E-state index is 14.4. The Balaban J connectivity index is 1.71. The fraction of sp³-hybridized carbons (Fsp3) is 0.467. The van der Waals surface area contributed by atoms with E-state index in [0.29, 0.717) is 11.6 Å². The number of aromatic nitrogens is 1. The minimum absolute atomic E-state index is 0.0523. The predicted molar refractivity (Wildman–Crippen MR) is 156 cm³/mol. The first-order chi connectivity index (χ1) is 18.2. The molecule has 0 saturated heterocycles. The molecule has 7 nitrogen and oxygen atoms in total. The van der Waals surface area contributed by atoms with Gasteiger partial charge in [-0.1, -0.05) is 50.6 Å². The fourth-order valence-electron chi connectivity index (χ4n) is 5.64. The van der Waals surface area contributed by atoms with E-state index in [1.807, 2.05) is 82.4 Å². The molecule has 3 N–H and O–H groups in total. The number of carbonyl (C=O) groups is 2. The molecular formula is C30H40ClN5O2. The molecule has 38 heavy (non-hydrogen) atoms. The van der Waals surface area contributed by atoms with E-state index in [2.05, 4.69) is 26.6 Å². The van der Waals surface area contributed by atoms with Crippen LogP contribution in [0.3, 0.4) is 0 Å². The Labute approximate surface area is 230 Å². The van der Waals surface area contributed by atoms with Crippen molar-refractivity contribution in [1.82, 2.24) is 20.5 Å². The van der Waals surface area contributed by atoms with Gasteiger partial charge in [0.1, 0.15) is 6.04 Å². The van der Waals surface area contributed by atoms with Gasteiger partial charge in [0.2, 0.25) is 5.91 Å². The first-order valence-corrected chi connectivity index (χ1v) is 14.0. The number of amides is 3. The van der Waals surface area contributed by atoms with Crippen LogP contribution in [0, 0.1) is 5.92 Å². The maximum Gasteiger partial charge on any atom is 0.315 e. The highest BCUT2D eigenvalue weighted by atomic mass is 35.5. The lowest BCUT2D eigenvalue weighted by atomic mass is 9.88. The van der Waals surface area contributed by atoms with E-state index in [4.69, 9.17) is 11.6 Å². The van der Waals surface area contributed by atoms with Crippen LogP contribution in [0.5, 0.6) is 0 Å². The molecule has 0 spiro atoms. The summed E-state index contributed by atoms with van der Waals surface area (Å²) in [6, 6.07) is 12.7. The zero-order valence-corrected chi connectivity index (χ0v) is 23.8. The normalized spacial score (nSPS) is 16.9. The Bertz CT molecular complexity index is 1270. The minimum atomic E-state index is -0.759. The van der Waals surface area contributed by atoms with Gasteiger partial charge in [-0.25, -0.2) is 4.79 Å². The summed E-state index contributed by atoms with van der Waals surface area (Å²) >= 11 is 6.36. The molecule has 204 valence electrons. The Morgan fingerprint density at radius 3 is 2.58 bits per heavy atom. The number of carbonyl (C=O) groups excluding carboxylic acids is 2. The molecule has 0 aliphatic carbocycles. The van der Waals surface area contributed by atoms with E-state index in [-0.39, 0.29) is 29.8 Å². The van der Waals surface area contributed by atoms with Crippen molar-refractivity contribution in [2.24, 2.45) is 5.92 Å². The number of halogens is 1. The number of hydrogen-bond acceptors (Lipinski definition) is 3. The van der Waals surface area contributed by atoms with E-state index < -0.39 is 6.04 Å². The number of nitrogens with one attached hydrogen (secondary N) is 3. The number of aromatic amines is 1. The van der Waals surface area contributed by atoms with Crippen molar-refractivity contribution in [2.45, 2.75) is 58.0 Å². The highest BCUT2D eigenvalue weighted by molar-refractivity contribution is 6.30. The largest absolute Gasteiger partial charge is 0.361 e. The van der Waals surface area contributed by atoms with Crippen molar-refractivity contribution in [3.8, 4) is 0 Å². The lowest BCUT2D eigenvalue weighted by Crippen LogP contribution is -2.56. The number of rotatable bonds is 9. The molecule has 2 aromatic carbocycles. The minimum Gasteiger partial charge on any atom is -0.361 e. The molecule has 3 aromatic rings. The number of fused-ring (bicyclic) bond motifs is 2. The van der Waals surface area contributed by atoms with E-state index in [1.54, 1.807) is 0 Å². The monoisotopic (exact) mass is 537 g/mol. The fourth-order valence-corrected chi connectivity index (χ4v) is 5.83. The zero-order valence-electron chi connectivity index (χ0n) is 23.1. The van der Waals surface area contributed by atoms with Crippen molar-refractivity contribution < 1.29 is 9.59 Å². The van der Waals surface area contributed by atoms with Crippen molar-refractivity contribution in [3.05, 3.63) is 64.8 Å². The summed E-state index contributed by atoms with van der Waals surface area (Å²) < 4.78 is 0. The smallest absolute Gasteiger partial charge is 0.315 e. The Kier molecular flexibility index (Phi) is 9.00. The van der Waals surface area contributed by atoms with Gasteiger partial charge in [0.15, 0.2) is 0 Å². The summed E-state index contributed by atoms with van der Waals surface area (Å²) in [4.78, 5) is 34.9. The van der Waals surface area contributed by atoms with Crippen LogP contribution in [0.15, 0.2) is 48.7 Å². The van der Waals surface area contributed by atoms with Crippen molar-refractivity contribution in [2.75, 3.05) is 32.1 Å². The van der Waals surface area contributed by atoms with Gasteiger partial charge in [-0.3, -0.25) is 4.79 Å². The van der Waals surface area contributed by atoms with Gasteiger partial charge in [-0.15, -0.1) is 0 Å². The maximum atomic E-state index is 14.4. The quantitative estimate of drug-likeness (QED) is 0.335. The summed E-state index contributed by atoms with van der Waals surface area (Å²) in [5, 5.41) is 7.84. The lowest BCUT2D eigenvalue weighted by molar-refractivity contribution is -0.121. The van der Waals surface area contributed by atoms with E-state index in [1.165, 1.54) is 0 Å². The van der Waals surface area contributed by atoms with E-state index in [0.717, 1.165) is 53.5 Å². The first kappa shape index (κ1) is 28.0. The molecule has 1 aliphatic heterocycles. The first-order valence-electron chi connectivity index (χ1n) is 13.6. The predicted octanol–water partition coefficient (Wildman–Crippen LogP) is 5.55. The number of hydrogen-bond donors (Lipinski definition) is 3. The summed E-state index contributed by atoms with van der Waals surface area (Å²) in [5.74, 6) is -0.132. The molecule has 1 aromatic heterocycles. The second-order valence-electron chi connectivity index (χ2n) is 10.7. The van der Waals surface area contributed by atoms with Gasteiger partial charge < -0.3 is 25.4 Å². The van der Waals surface area contributed by atoms with Gasteiger partial charge >= 0.3 is 6.03 Å². The van der Waals surface area contributed by atoms with Gasteiger partial charge in [0, 0.05) is 52.9 Å². The number of urea groups is 1. The lowest BCUT2D eigenvalue weighted by Gasteiger charge is -2.38. The molecule has 3 atom stereocenters. The standard InChI is InChI=1S/C30H40ClN5O2/c1-6-23(7-2)33-30(38)34-28(19(3)25-16-32-26-11-9-8-10-24(25)26)29(37)36-18-20(17-35(4)5)14-21-15-22(31)12-13-27(21)36/h8-13,15-16,19-20,23,28,32H,6-7,14,17-18H2,1-5H3,(H2,33,34,38)/t19?,20-,28?/m1/s1. The van der Waals surface area contributed by atoms with Gasteiger partial charge in [0.05, 0.1) is 0 Å². The summed E-state index contributed by atoms with van der Waals surface area (Å²) in [7, 11) is 4.09. The van der Waals surface area contributed by atoms with E-state index >= 15 is 0 Å². The number of para-hydroxylation sites is 1. The van der Waals surface area contributed by atoms with Crippen LogP contribution in [0.2, 0.25) is 5.02 Å². The molecule has 8 heteroatoms. The van der Waals surface area contributed by atoms with Crippen molar-refractivity contribution >= 4 is 40.1 Å². The van der Waals surface area contributed by atoms with Crippen LogP contribution in [0.1, 0.15) is 50.7 Å². The van der Waals surface area contributed by atoms with Crippen molar-refractivity contribution in [3.63, 3.8) is 0 Å². The second kappa shape index (κ2) is 12.2. The molecule has 4 rings (SSSR count). The zero-order chi connectivity index (χ0) is 27.4. The van der Waals surface area contributed by atoms with Crippen molar-refractivity contribution in [1.29, 1.82) is 0 Å². The molecule has 0 fully saturated rings. The highest BCUT2D eigenvalue weighted by Crippen LogP contribution is 2.35. The topological polar surface area (TPSA) is 80.5 Å². The average Bonchev–Trinajstić information content (AvgIpc) is 3.33. The van der Waals surface area contributed by atoms with Crippen LogP contribution in [0.25, 0.3) is 10.9 Å². The number of anilines is 1. The summed E-state index contributed by atoms with van der Waals surface area (Å²) in [6.07, 6.45) is 4.46. The summed E-state index contributed by atoms with van der Waals surface area (Å²) in [6.45, 7) is 7.54. The SMILES string of the molecule is CCC(CC)NC(=O)NC(C(=O)N1C[C@@H](CN(C)C)Cc2cc(Cl)ccc21)C(C)c1c[nH]c2ccccc12. The Morgan fingerprint density at radius 1 is 1.13 bits per heavy atom. The molecule has 2 heterocycles. The molecule has 0 radical (unpaired) electrons. The van der Waals surface area contributed by atoms with Crippen LogP contribution in [0.4, 0.5) is 10.5 Å². The van der Waals surface area contributed by atoms with Crippen LogP contribution < -0.4 is 15.5 Å². The third-order valence-corrected chi connectivity index (χ3v) is 7.89. The third-order valence-electron chi connectivity index (χ3n) is 7.66. The second-order valence-corrected chi connectivity index (χ2v) is 11.2. The Hall–Kier alpha value is -3.03. The molecule has 1 aliphatic rings. The van der Waals surface area contributed by atoms with Crippen LogP contribution in [-0.4, -0.2) is 61.1 Å². The third kappa shape index (κ3) is 6.16.